The van der Waals surface area contributed by atoms with Gasteiger partial charge in [-0.15, -0.1) is 0 Å². The van der Waals surface area contributed by atoms with Crippen molar-refractivity contribution < 1.29 is 4.74 Å². The number of anilines is 2. The summed E-state index contributed by atoms with van der Waals surface area (Å²) in [6.45, 7) is 2.91. The van der Waals surface area contributed by atoms with E-state index in [1.165, 1.54) is 0 Å². The van der Waals surface area contributed by atoms with E-state index in [1.807, 2.05) is 6.07 Å². The van der Waals surface area contributed by atoms with Crippen LogP contribution in [0.15, 0.2) is 18.2 Å². The Morgan fingerprint density at radius 3 is 3.06 bits per heavy atom. The first kappa shape index (κ1) is 11.7. The van der Waals surface area contributed by atoms with E-state index in [2.05, 4.69) is 18.3 Å². The van der Waals surface area contributed by atoms with Crippen molar-refractivity contribution in [1.82, 2.24) is 0 Å². The van der Waals surface area contributed by atoms with Gasteiger partial charge >= 0.3 is 0 Å². The highest BCUT2D eigenvalue weighted by atomic mass is 16.5. The Bertz CT molecular complexity index is 433. The number of nitrogens with zero attached hydrogens (tertiary/aromatic N) is 1. The molecule has 1 fully saturated rings. The Morgan fingerprint density at radius 1 is 1.59 bits per heavy atom. The molecule has 4 heteroatoms. The summed E-state index contributed by atoms with van der Waals surface area (Å²) < 4.78 is 5.61. The van der Waals surface area contributed by atoms with E-state index >= 15 is 0 Å². The van der Waals surface area contributed by atoms with Crippen LogP contribution in [0.3, 0.4) is 0 Å². The maximum absolute atomic E-state index is 9.04. The van der Waals surface area contributed by atoms with Crippen LogP contribution in [0.25, 0.3) is 0 Å². The summed E-state index contributed by atoms with van der Waals surface area (Å²) >= 11 is 0. The Labute approximate surface area is 101 Å². The lowest BCUT2D eigenvalue weighted by molar-refractivity contribution is 0.0996. The molecule has 0 spiro atoms. The fourth-order valence-electron chi connectivity index (χ4n) is 2.12. The van der Waals surface area contributed by atoms with Crippen molar-refractivity contribution in [3.8, 4) is 6.07 Å². The highest BCUT2D eigenvalue weighted by Gasteiger charge is 2.22. The quantitative estimate of drug-likeness (QED) is 0.782. The third-order valence-electron chi connectivity index (χ3n) is 3.07. The Kier molecular flexibility index (Phi) is 3.50. The number of nitrogens with two attached hydrogens (primary N) is 1. The first-order valence-electron chi connectivity index (χ1n) is 5.88. The van der Waals surface area contributed by atoms with Gasteiger partial charge in [-0.05, 0) is 38.0 Å². The van der Waals surface area contributed by atoms with E-state index in [-0.39, 0.29) is 12.1 Å². The van der Waals surface area contributed by atoms with Gasteiger partial charge in [0.1, 0.15) is 6.07 Å². The van der Waals surface area contributed by atoms with Crippen LogP contribution in [0.4, 0.5) is 11.4 Å². The molecular formula is C13H17N3O. The minimum absolute atomic E-state index is 0.202. The predicted octanol–water partition coefficient (Wildman–Crippen LogP) is 2.12. The lowest BCUT2D eigenvalue weighted by Gasteiger charge is -2.21. The normalized spacial score (nSPS) is 20.8. The highest BCUT2D eigenvalue weighted by molar-refractivity contribution is 5.63. The number of hydrogen-bond acceptors (Lipinski definition) is 4. The van der Waals surface area contributed by atoms with Gasteiger partial charge in [-0.25, -0.2) is 0 Å². The summed E-state index contributed by atoms with van der Waals surface area (Å²) in [5, 5.41) is 12.4. The second kappa shape index (κ2) is 5.07. The molecule has 0 aliphatic carbocycles. The lowest BCUT2D eigenvalue weighted by Crippen LogP contribution is -2.30. The van der Waals surface area contributed by atoms with Gasteiger partial charge in [0.25, 0.3) is 0 Å². The molecule has 1 saturated heterocycles. The zero-order valence-electron chi connectivity index (χ0n) is 9.94. The Hall–Kier alpha value is -1.73. The molecular weight excluding hydrogens is 214 g/mol. The maximum atomic E-state index is 9.04. The topological polar surface area (TPSA) is 71.1 Å². The monoisotopic (exact) mass is 231 g/mol. The smallest absolute Gasteiger partial charge is 0.101 e. The molecule has 0 bridgehead atoms. The average Bonchev–Trinajstić information content (AvgIpc) is 2.85. The third-order valence-corrected chi connectivity index (χ3v) is 3.07. The second-order valence-corrected chi connectivity index (χ2v) is 4.40. The molecule has 17 heavy (non-hydrogen) atoms. The van der Waals surface area contributed by atoms with Gasteiger partial charge in [-0.2, -0.15) is 5.26 Å². The number of rotatable bonds is 3. The summed E-state index contributed by atoms with van der Waals surface area (Å²) in [5.41, 5.74) is 7.66. The molecule has 1 aliphatic heterocycles. The molecule has 0 aromatic heterocycles. The fraction of sp³-hybridized carbons (Fsp3) is 0.462. The molecule has 1 aromatic rings. The number of nitrogen functional groups attached to an aromatic ring is 1. The van der Waals surface area contributed by atoms with E-state index in [0.29, 0.717) is 11.3 Å². The summed E-state index contributed by atoms with van der Waals surface area (Å²) in [4.78, 5) is 0. The lowest BCUT2D eigenvalue weighted by atomic mass is 10.1. The van der Waals surface area contributed by atoms with Crippen LogP contribution in [0.2, 0.25) is 0 Å². The average molecular weight is 231 g/mol. The predicted molar refractivity (Wildman–Crippen MR) is 67.6 cm³/mol. The zero-order chi connectivity index (χ0) is 12.3. The summed E-state index contributed by atoms with van der Waals surface area (Å²) in [5.74, 6) is 0. The molecule has 0 saturated carbocycles. The van der Waals surface area contributed by atoms with Gasteiger partial charge in [-0.1, -0.05) is 0 Å². The van der Waals surface area contributed by atoms with Gasteiger partial charge in [-0.3, -0.25) is 0 Å². The SMILES string of the molecule is CC(Nc1ccc(N)cc1C#N)C1CCCO1. The standard InChI is InChI=1S/C13H17N3O/c1-9(13-3-2-6-17-13)16-12-5-4-11(15)7-10(12)8-14/h4-5,7,9,13,16H,2-3,6,15H2,1H3. The van der Waals surface area contributed by atoms with Crippen LogP contribution in [-0.4, -0.2) is 18.8 Å². The van der Waals surface area contributed by atoms with E-state index in [4.69, 9.17) is 15.7 Å². The Balaban J connectivity index is 2.10. The van der Waals surface area contributed by atoms with Gasteiger partial charge in [0.15, 0.2) is 0 Å². The third kappa shape index (κ3) is 2.69. The number of nitriles is 1. The molecule has 2 unspecified atom stereocenters. The van der Waals surface area contributed by atoms with E-state index in [9.17, 15) is 0 Å². The molecule has 1 aromatic carbocycles. The second-order valence-electron chi connectivity index (χ2n) is 4.40. The van der Waals surface area contributed by atoms with Crippen molar-refractivity contribution in [3.63, 3.8) is 0 Å². The van der Waals surface area contributed by atoms with Crippen LogP contribution in [-0.2, 0) is 4.74 Å². The van der Waals surface area contributed by atoms with Crippen LogP contribution in [0.5, 0.6) is 0 Å². The van der Waals surface area contributed by atoms with Crippen LogP contribution in [0, 0.1) is 11.3 Å². The molecule has 2 rings (SSSR count). The van der Waals surface area contributed by atoms with Crippen molar-refractivity contribution in [2.24, 2.45) is 0 Å². The van der Waals surface area contributed by atoms with Gasteiger partial charge in [0.2, 0.25) is 0 Å². The van der Waals surface area contributed by atoms with Crippen molar-refractivity contribution in [1.29, 1.82) is 5.26 Å². The van der Waals surface area contributed by atoms with E-state index < -0.39 is 0 Å². The maximum Gasteiger partial charge on any atom is 0.101 e. The molecule has 90 valence electrons. The first-order valence-corrected chi connectivity index (χ1v) is 5.88. The number of benzene rings is 1. The molecule has 2 atom stereocenters. The van der Waals surface area contributed by atoms with E-state index in [0.717, 1.165) is 25.1 Å². The van der Waals surface area contributed by atoms with Crippen molar-refractivity contribution in [2.45, 2.75) is 31.9 Å². The first-order chi connectivity index (χ1) is 8.20. The molecule has 1 aliphatic rings. The van der Waals surface area contributed by atoms with E-state index in [1.54, 1.807) is 12.1 Å². The molecule has 3 N–H and O–H groups in total. The molecule has 0 radical (unpaired) electrons. The molecule has 4 nitrogen and oxygen atoms in total. The van der Waals surface area contributed by atoms with Crippen LogP contribution in [0.1, 0.15) is 25.3 Å². The van der Waals surface area contributed by atoms with Gasteiger partial charge < -0.3 is 15.8 Å². The van der Waals surface area contributed by atoms with Crippen LogP contribution >= 0.6 is 0 Å². The highest BCUT2D eigenvalue weighted by Crippen LogP contribution is 2.22. The summed E-state index contributed by atoms with van der Waals surface area (Å²) in [6, 6.07) is 7.68. The number of ether oxygens (including phenoxy) is 1. The summed E-state index contributed by atoms with van der Waals surface area (Å²) in [6.07, 6.45) is 2.42. The van der Waals surface area contributed by atoms with Crippen molar-refractivity contribution >= 4 is 11.4 Å². The van der Waals surface area contributed by atoms with Crippen molar-refractivity contribution in [2.75, 3.05) is 17.7 Å². The van der Waals surface area contributed by atoms with Crippen molar-refractivity contribution in [3.05, 3.63) is 23.8 Å². The largest absolute Gasteiger partial charge is 0.399 e. The summed E-state index contributed by atoms with van der Waals surface area (Å²) in [7, 11) is 0. The van der Waals surface area contributed by atoms with Crippen LogP contribution < -0.4 is 11.1 Å². The minimum atomic E-state index is 0.202. The number of nitrogens with one attached hydrogen (secondary N) is 1. The molecule has 1 heterocycles. The van der Waals surface area contributed by atoms with Gasteiger partial charge in [0, 0.05) is 18.3 Å². The zero-order valence-corrected chi connectivity index (χ0v) is 9.94. The fourth-order valence-corrected chi connectivity index (χ4v) is 2.12. The van der Waals surface area contributed by atoms with Gasteiger partial charge in [0.05, 0.1) is 17.4 Å². The molecule has 0 amide bonds. The Morgan fingerprint density at radius 2 is 2.41 bits per heavy atom. The number of hydrogen-bond donors (Lipinski definition) is 2. The minimum Gasteiger partial charge on any atom is -0.399 e.